The fraction of sp³-hybridized carbons (Fsp3) is 0.286. The number of rotatable bonds is 4. The zero-order chi connectivity index (χ0) is 15.4. The van der Waals surface area contributed by atoms with Gasteiger partial charge in [0.25, 0.3) is 5.91 Å². The lowest BCUT2D eigenvalue weighted by Crippen LogP contribution is -2.56. The summed E-state index contributed by atoms with van der Waals surface area (Å²) in [6.45, 7) is 1.33. The van der Waals surface area contributed by atoms with Crippen LogP contribution in [0.1, 0.15) is 13.3 Å². The molecule has 1 aliphatic rings. The SMILES string of the molecule is COC(=O)CC1N=C(C(C)=O)NN(c2ccccc2)C1=O. The van der Waals surface area contributed by atoms with E-state index in [0.717, 1.165) is 0 Å². The summed E-state index contributed by atoms with van der Waals surface area (Å²) in [5.41, 5.74) is 3.23. The Kier molecular flexibility index (Phi) is 4.32. The molecule has 7 heteroatoms. The van der Waals surface area contributed by atoms with Crippen LogP contribution in [0.4, 0.5) is 5.69 Å². The number of amides is 1. The van der Waals surface area contributed by atoms with E-state index in [1.165, 1.54) is 19.0 Å². The van der Waals surface area contributed by atoms with Gasteiger partial charge in [-0.2, -0.15) is 0 Å². The van der Waals surface area contributed by atoms with Crippen LogP contribution in [0.5, 0.6) is 0 Å². The third kappa shape index (κ3) is 3.25. The molecular formula is C14H15N3O4. The summed E-state index contributed by atoms with van der Waals surface area (Å²) >= 11 is 0. The van der Waals surface area contributed by atoms with Crippen molar-refractivity contribution in [2.75, 3.05) is 12.1 Å². The van der Waals surface area contributed by atoms with Crippen molar-refractivity contribution >= 4 is 29.2 Å². The number of nitrogens with zero attached hydrogens (tertiary/aromatic N) is 2. The highest BCUT2D eigenvalue weighted by Gasteiger charge is 2.33. The Morgan fingerprint density at radius 1 is 1.33 bits per heavy atom. The highest BCUT2D eigenvalue weighted by Crippen LogP contribution is 2.18. The van der Waals surface area contributed by atoms with Gasteiger partial charge < -0.3 is 4.74 Å². The number of ketones is 1. The van der Waals surface area contributed by atoms with Gasteiger partial charge in [0.15, 0.2) is 11.6 Å². The molecule has 1 atom stereocenters. The lowest BCUT2D eigenvalue weighted by molar-refractivity contribution is -0.142. The fourth-order valence-electron chi connectivity index (χ4n) is 1.86. The lowest BCUT2D eigenvalue weighted by Gasteiger charge is -2.31. The molecule has 21 heavy (non-hydrogen) atoms. The van der Waals surface area contributed by atoms with E-state index in [-0.39, 0.29) is 18.0 Å². The van der Waals surface area contributed by atoms with Crippen LogP contribution in [0, 0.1) is 0 Å². The number of carbonyl (C=O) groups excluding carboxylic acids is 3. The molecule has 1 aliphatic heterocycles. The number of para-hydroxylation sites is 1. The average molecular weight is 289 g/mol. The maximum absolute atomic E-state index is 12.4. The number of anilines is 1. The van der Waals surface area contributed by atoms with Crippen LogP contribution < -0.4 is 10.4 Å². The van der Waals surface area contributed by atoms with Gasteiger partial charge in [-0.05, 0) is 12.1 Å². The van der Waals surface area contributed by atoms with Gasteiger partial charge in [-0.1, -0.05) is 18.2 Å². The van der Waals surface area contributed by atoms with Crippen LogP contribution in [0.2, 0.25) is 0 Å². The Balaban J connectivity index is 2.33. The predicted octanol–water partition coefficient (Wildman–Crippen LogP) is 0.457. The number of hydrogen-bond donors (Lipinski definition) is 1. The van der Waals surface area contributed by atoms with Crippen molar-refractivity contribution in [3.05, 3.63) is 30.3 Å². The van der Waals surface area contributed by atoms with Crippen molar-refractivity contribution in [3.63, 3.8) is 0 Å². The topological polar surface area (TPSA) is 88.1 Å². The van der Waals surface area contributed by atoms with Gasteiger partial charge in [0, 0.05) is 6.92 Å². The van der Waals surface area contributed by atoms with Crippen LogP contribution >= 0.6 is 0 Å². The Hall–Kier alpha value is -2.70. The quantitative estimate of drug-likeness (QED) is 0.813. The second-order valence-corrected chi connectivity index (χ2v) is 4.45. The molecule has 1 amide bonds. The number of hydrazine groups is 1. The Morgan fingerprint density at radius 3 is 2.57 bits per heavy atom. The average Bonchev–Trinajstić information content (AvgIpc) is 2.49. The molecule has 0 radical (unpaired) electrons. The third-order valence-corrected chi connectivity index (χ3v) is 2.94. The predicted molar refractivity (Wildman–Crippen MR) is 75.6 cm³/mol. The van der Waals surface area contributed by atoms with Gasteiger partial charge in [0.2, 0.25) is 0 Å². The van der Waals surface area contributed by atoms with Gasteiger partial charge in [0.1, 0.15) is 6.04 Å². The van der Waals surface area contributed by atoms with Crippen LogP contribution in [-0.4, -0.2) is 36.6 Å². The second kappa shape index (κ2) is 6.17. The number of Topliss-reactive ketones (excluding diaryl/α,β-unsaturated/α-hetero) is 1. The molecule has 0 fully saturated rings. The number of hydrogen-bond acceptors (Lipinski definition) is 6. The molecule has 7 nitrogen and oxygen atoms in total. The summed E-state index contributed by atoms with van der Waals surface area (Å²) in [5.74, 6) is -1.27. The summed E-state index contributed by atoms with van der Waals surface area (Å²) in [5, 5.41) is 1.22. The smallest absolute Gasteiger partial charge is 0.308 e. The Labute approximate surface area is 121 Å². The van der Waals surface area contributed by atoms with Crippen molar-refractivity contribution in [2.24, 2.45) is 4.99 Å². The lowest BCUT2D eigenvalue weighted by atomic mass is 10.1. The van der Waals surface area contributed by atoms with E-state index in [2.05, 4.69) is 15.2 Å². The second-order valence-electron chi connectivity index (χ2n) is 4.45. The molecule has 1 unspecified atom stereocenters. The molecule has 0 aliphatic carbocycles. The largest absolute Gasteiger partial charge is 0.469 e. The summed E-state index contributed by atoms with van der Waals surface area (Å²) in [6, 6.07) is 7.78. The number of esters is 1. The summed E-state index contributed by atoms with van der Waals surface area (Å²) in [4.78, 5) is 39.3. The zero-order valence-electron chi connectivity index (χ0n) is 11.7. The van der Waals surface area contributed by atoms with Crippen molar-refractivity contribution in [2.45, 2.75) is 19.4 Å². The number of carbonyl (C=O) groups is 3. The normalized spacial score (nSPS) is 17.8. The number of nitrogens with one attached hydrogen (secondary N) is 1. The van der Waals surface area contributed by atoms with E-state index >= 15 is 0 Å². The van der Waals surface area contributed by atoms with E-state index in [1.807, 2.05) is 6.07 Å². The van der Waals surface area contributed by atoms with E-state index < -0.39 is 17.9 Å². The van der Waals surface area contributed by atoms with Crippen LogP contribution in [0.25, 0.3) is 0 Å². The van der Waals surface area contributed by atoms with Gasteiger partial charge in [-0.3, -0.25) is 19.8 Å². The minimum Gasteiger partial charge on any atom is -0.469 e. The summed E-state index contributed by atoms with van der Waals surface area (Å²) in [6.07, 6.45) is -0.211. The highest BCUT2D eigenvalue weighted by molar-refractivity contribution is 6.39. The maximum Gasteiger partial charge on any atom is 0.308 e. The van der Waals surface area contributed by atoms with Crippen molar-refractivity contribution < 1.29 is 19.1 Å². The molecule has 110 valence electrons. The minimum atomic E-state index is -0.974. The molecule has 2 rings (SSSR count). The molecule has 0 bridgehead atoms. The molecule has 1 aromatic carbocycles. The third-order valence-electron chi connectivity index (χ3n) is 2.94. The van der Waals surface area contributed by atoms with Crippen molar-refractivity contribution in [1.82, 2.24) is 5.43 Å². The van der Waals surface area contributed by atoms with Gasteiger partial charge in [0.05, 0.1) is 19.2 Å². The maximum atomic E-state index is 12.4. The molecular weight excluding hydrogens is 274 g/mol. The van der Waals surface area contributed by atoms with E-state index in [0.29, 0.717) is 5.69 Å². The van der Waals surface area contributed by atoms with E-state index in [9.17, 15) is 14.4 Å². The molecule has 0 saturated heterocycles. The van der Waals surface area contributed by atoms with Crippen molar-refractivity contribution in [3.8, 4) is 0 Å². The monoisotopic (exact) mass is 289 g/mol. The summed E-state index contributed by atoms with van der Waals surface area (Å²) < 4.78 is 4.55. The molecule has 0 saturated carbocycles. The van der Waals surface area contributed by atoms with Gasteiger partial charge in [-0.25, -0.2) is 10.0 Å². The molecule has 1 aromatic rings. The number of amidine groups is 1. The van der Waals surface area contributed by atoms with E-state index in [4.69, 9.17) is 0 Å². The fourth-order valence-corrected chi connectivity index (χ4v) is 1.86. The molecule has 1 N–H and O–H groups in total. The first kappa shape index (κ1) is 14.7. The minimum absolute atomic E-state index is 0.0346. The van der Waals surface area contributed by atoms with Crippen LogP contribution in [0.3, 0.4) is 0 Å². The summed E-state index contributed by atoms with van der Waals surface area (Å²) in [7, 11) is 1.23. The molecule has 0 aromatic heterocycles. The first-order valence-corrected chi connectivity index (χ1v) is 6.34. The number of ether oxygens (including phenoxy) is 1. The van der Waals surface area contributed by atoms with Crippen molar-refractivity contribution in [1.29, 1.82) is 0 Å². The standard InChI is InChI=1S/C14H15N3O4/c1-9(18)13-15-11(8-12(19)21-2)14(20)17(16-13)10-6-4-3-5-7-10/h3-7,11H,8H2,1-2H3,(H,15,16). The zero-order valence-corrected chi connectivity index (χ0v) is 11.7. The molecule has 0 spiro atoms. The van der Waals surface area contributed by atoms with Crippen LogP contribution in [0.15, 0.2) is 35.3 Å². The van der Waals surface area contributed by atoms with Gasteiger partial charge >= 0.3 is 5.97 Å². The Morgan fingerprint density at radius 2 is 2.00 bits per heavy atom. The highest BCUT2D eigenvalue weighted by atomic mass is 16.5. The van der Waals surface area contributed by atoms with Gasteiger partial charge in [-0.15, -0.1) is 0 Å². The number of methoxy groups -OCH3 is 1. The number of benzene rings is 1. The Bertz CT molecular complexity index is 597. The van der Waals surface area contributed by atoms with Crippen LogP contribution in [-0.2, 0) is 19.1 Å². The first-order chi connectivity index (χ1) is 10.0. The molecule has 1 heterocycles. The first-order valence-electron chi connectivity index (χ1n) is 6.34. The number of aliphatic imine (C=N–C) groups is 1. The van der Waals surface area contributed by atoms with E-state index in [1.54, 1.807) is 24.3 Å².